The lowest BCUT2D eigenvalue weighted by Crippen LogP contribution is -1.99. The highest BCUT2D eigenvalue weighted by molar-refractivity contribution is 7.99. The van der Waals surface area contributed by atoms with E-state index in [2.05, 4.69) is 4.98 Å². The maximum absolute atomic E-state index is 15.1. The zero-order chi connectivity index (χ0) is 19.8. The molecular weight excluding hydrogens is 395 g/mol. The normalized spacial score (nSPS) is 11.3. The summed E-state index contributed by atoms with van der Waals surface area (Å²) < 4.78 is 17.0. The summed E-state index contributed by atoms with van der Waals surface area (Å²) in [5.41, 5.74) is 3.97. The van der Waals surface area contributed by atoms with Crippen LogP contribution < -0.4 is 0 Å². The van der Waals surface area contributed by atoms with Gasteiger partial charge >= 0.3 is 0 Å². The average Bonchev–Trinajstić information content (AvgIpc) is 2.97. The molecule has 6 heteroatoms. The van der Waals surface area contributed by atoms with Crippen molar-refractivity contribution in [3.63, 3.8) is 0 Å². The summed E-state index contributed by atoms with van der Waals surface area (Å²) in [5, 5.41) is 10.3. The Labute approximate surface area is 171 Å². The van der Waals surface area contributed by atoms with Gasteiger partial charge in [-0.05, 0) is 55.3 Å². The van der Waals surface area contributed by atoms with Gasteiger partial charge in [-0.15, -0.1) is 0 Å². The lowest BCUT2D eigenvalue weighted by atomic mass is 10.2. The van der Waals surface area contributed by atoms with E-state index in [-0.39, 0.29) is 11.6 Å². The maximum atomic E-state index is 15.1. The SMILES string of the molecule is Cc1cncc(-n2c(C)c(Sc3cccc(CO)c3)c3ccc(Cl)c(F)c32)c1. The van der Waals surface area contributed by atoms with Gasteiger partial charge in [0.2, 0.25) is 0 Å². The van der Waals surface area contributed by atoms with Crippen molar-refractivity contribution >= 4 is 34.3 Å². The first-order valence-electron chi connectivity index (χ1n) is 8.78. The summed E-state index contributed by atoms with van der Waals surface area (Å²) in [6.07, 6.45) is 3.49. The Bertz CT molecular complexity index is 1190. The van der Waals surface area contributed by atoms with Crippen LogP contribution in [0.25, 0.3) is 16.6 Å². The summed E-state index contributed by atoms with van der Waals surface area (Å²) in [4.78, 5) is 6.19. The molecule has 0 aliphatic rings. The van der Waals surface area contributed by atoms with E-state index >= 15 is 4.39 Å². The third-order valence-corrected chi connectivity index (χ3v) is 6.12. The minimum absolute atomic E-state index is 0.0195. The molecule has 0 spiro atoms. The number of fused-ring (bicyclic) bond motifs is 1. The minimum Gasteiger partial charge on any atom is -0.392 e. The van der Waals surface area contributed by atoms with Crippen molar-refractivity contribution in [1.82, 2.24) is 9.55 Å². The van der Waals surface area contributed by atoms with Crippen LogP contribution in [-0.2, 0) is 6.61 Å². The summed E-state index contributed by atoms with van der Waals surface area (Å²) in [6.45, 7) is 3.90. The Morgan fingerprint density at radius 1 is 1.14 bits per heavy atom. The van der Waals surface area contributed by atoms with E-state index in [4.69, 9.17) is 11.6 Å². The molecule has 0 unspecified atom stereocenters. The summed E-state index contributed by atoms with van der Waals surface area (Å²) in [7, 11) is 0. The molecule has 3 nitrogen and oxygen atoms in total. The lowest BCUT2D eigenvalue weighted by molar-refractivity contribution is 0.281. The molecule has 4 aromatic rings. The predicted octanol–water partition coefficient (Wildman–Crippen LogP) is 6.08. The molecule has 2 heterocycles. The molecule has 1 N–H and O–H groups in total. The van der Waals surface area contributed by atoms with E-state index in [0.717, 1.165) is 37.7 Å². The number of aryl methyl sites for hydroxylation is 1. The molecule has 0 aliphatic carbocycles. The molecule has 0 fully saturated rings. The van der Waals surface area contributed by atoms with Crippen molar-refractivity contribution in [2.45, 2.75) is 30.2 Å². The molecule has 2 aromatic carbocycles. The Kier molecular flexibility index (Phi) is 5.15. The van der Waals surface area contributed by atoms with Crippen molar-refractivity contribution < 1.29 is 9.50 Å². The van der Waals surface area contributed by atoms with Crippen LogP contribution in [0.15, 0.2) is 64.6 Å². The van der Waals surface area contributed by atoms with Gasteiger partial charge in [0.05, 0.1) is 29.0 Å². The number of aliphatic hydroxyl groups is 1. The Morgan fingerprint density at radius 2 is 1.96 bits per heavy atom. The van der Waals surface area contributed by atoms with Crippen LogP contribution in [0.2, 0.25) is 5.02 Å². The minimum atomic E-state index is -0.445. The fourth-order valence-electron chi connectivity index (χ4n) is 3.34. The zero-order valence-corrected chi connectivity index (χ0v) is 17.0. The monoisotopic (exact) mass is 412 g/mol. The highest BCUT2D eigenvalue weighted by atomic mass is 35.5. The van der Waals surface area contributed by atoms with E-state index in [1.54, 1.807) is 30.2 Å². The van der Waals surface area contributed by atoms with Crippen molar-refractivity contribution in [2.24, 2.45) is 0 Å². The molecule has 142 valence electrons. The van der Waals surface area contributed by atoms with Crippen molar-refractivity contribution in [1.29, 1.82) is 0 Å². The van der Waals surface area contributed by atoms with Crippen LogP contribution in [0.3, 0.4) is 0 Å². The van der Waals surface area contributed by atoms with Crippen LogP contribution in [-0.4, -0.2) is 14.7 Å². The van der Waals surface area contributed by atoms with Gasteiger partial charge in [-0.25, -0.2) is 4.39 Å². The fraction of sp³-hybridized carbons (Fsp3) is 0.136. The number of hydrogen-bond acceptors (Lipinski definition) is 3. The van der Waals surface area contributed by atoms with Gasteiger partial charge in [0.1, 0.15) is 0 Å². The summed E-state index contributed by atoms with van der Waals surface area (Å²) >= 11 is 7.65. The number of aromatic nitrogens is 2. The highest BCUT2D eigenvalue weighted by Gasteiger charge is 2.21. The standard InChI is InChI=1S/C22H18ClFN2OS/c1-13-8-16(11-25-10-13)26-14(2)22(18-6-7-19(23)20(24)21(18)26)28-17-5-3-4-15(9-17)12-27/h3-11,27H,12H2,1-2H3. The van der Waals surface area contributed by atoms with E-state index in [1.807, 2.05) is 54.8 Å². The van der Waals surface area contributed by atoms with Gasteiger partial charge in [0.25, 0.3) is 0 Å². The van der Waals surface area contributed by atoms with Crippen molar-refractivity contribution in [3.8, 4) is 5.69 Å². The second-order valence-electron chi connectivity index (χ2n) is 6.64. The van der Waals surface area contributed by atoms with Gasteiger partial charge in [0.15, 0.2) is 5.82 Å². The number of aliphatic hydroxyl groups excluding tert-OH is 1. The second-order valence-corrected chi connectivity index (χ2v) is 8.13. The largest absolute Gasteiger partial charge is 0.392 e. The molecule has 0 bridgehead atoms. The molecule has 0 aliphatic heterocycles. The third-order valence-electron chi connectivity index (χ3n) is 4.62. The van der Waals surface area contributed by atoms with Crippen LogP contribution in [0.1, 0.15) is 16.8 Å². The zero-order valence-electron chi connectivity index (χ0n) is 15.4. The fourth-order valence-corrected chi connectivity index (χ4v) is 4.60. The van der Waals surface area contributed by atoms with E-state index in [1.165, 1.54) is 0 Å². The van der Waals surface area contributed by atoms with Crippen LogP contribution in [0.4, 0.5) is 4.39 Å². The summed E-state index contributed by atoms with van der Waals surface area (Å²) in [6, 6.07) is 13.1. The molecule has 0 radical (unpaired) electrons. The summed E-state index contributed by atoms with van der Waals surface area (Å²) in [5.74, 6) is -0.445. The third kappa shape index (κ3) is 3.30. The quantitative estimate of drug-likeness (QED) is 0.441. The second kappa shape index (κ2) is 7.59. The Balaban J connectivity index is 1.97. The van der Waals surface area contributed by atoms with Crippen LogP contribution in [0, 0.1) is 19.7 Å². The molecular formula is C22H18ClFN2OS. The molecule has 4 rings (SSSR count). The molecule has 0 saturated heterocycles. The molecule has 2 aromatic heterocycles. The maximum Gasteiger partial charge on any atom is 0.166 e. The Hall–Kier alpha value is -2.34. The average molecular weight is 413 g/mol. The Morgan fingerprint density at radius 3 is 2.71 bits per heavy atom. The predicted molar refractivity (Wildman–Crippen MR) is 112 cm³/mol. The highest BCUT2D eigenvalue weighted by Crippen LogP contribution is 2.41. The smallest absolute Gasteiger partial charge is 0.166 e. The lowest BCUT2D eigenvalue weighted by Gasteiger charge is -2.10. The van der Waals surface area contributed by atoms with Gasteiger partial charge in [0, 0.05) is 27.1 Å². The first kappa shape index (κ1) is 19.0. The van der Waals surface area contributed by atoms with Crippen molar-refractivity contribution in [3.05, 3.63) is 82.5 Å². The first-order chi connectivity index (χ1) is 13.5. The van der Waals surface area contributed by atoms with Crippen LogP contribution in [0.5, 0.6) is 0 Å². The van der Waals surface area contributed by atoms with Gasteiger partial charge in [-0.3, -0.25) is 4.98 Å². The van der Waals surface area contributed by atoms with Crippen LogP contribution >= 0.6 is 23.4 Å². The molecule has 0 amide bonds. The van der Waals surface area contributed by atoms with E-state index in [0.29, 0.717) is 5.52 Å². The molecule has 0 saturated carbocycles. The topological polar surface area (TPSA) is 38.0 Å². The van der Waals surface area contributed by atoms with Gasteiger partial charge in [-0.2, -0.15) is 0 Å². The number of benzene rings is 2. The van der Waals surface area contributed by atoms with E-state index in [9.17, 15) is 5.11 Å². The van der Waals surface area contributed by atoms with E-state index < -0.39 is 5.82 Å². The van der Waals surface area contributed by atoms with Gasteiger partial charge < -0.3 is 9.67 Å². The number of nitrogens with zero attached hydrogens (tertiary/aromatic N) is 2. The van der Waals surface area contributed by atoms with Gasteiger partial charge in [-0.1, -0.05) is 35.5 Å². The molecule has 28 heavy (non-hydrogen) atoms. The number of halogens is 2. The number of pyridine rings is 1. The van der Waals surface area contributed by atoms with Crippen molar-refractivity contribution in [2.75, 3.05) is 0 Å². The molecule has 0 atom stereocenters. The number of hydrogen-bond donors (Lipinski definition) is 1. The number of rotatable bonds is 4. The first-order valence-corrected chi connectivity index (χ1v) is 9.97.